The Labute approximate surface area is 166 Å². The molecule has 0 bridgehead atoms. The fourth-order valence-corrected chi connectivity index (χ4v) is 3.15. The Hall–Kier alpha value is -1.94. The summed E-state index contributed by atoms with van der Waals surface area (Å²) in [7, 11) is 0. The smallest absolute Gasteiger partial charge is 0.265 e. The van der Waals surface area contributed by atoms with E-state index in [1.807, 2.05) is 49.4 Å². The van der Waals surface area contributed by atoms with E-state index >= 15 is 0 Å². The molecule has 26 heavy (non-hydrogen) atoms. The molecular formula is C20H16Cl3NO2. The monoisotopic (exact) mass is 407 g/mol. The van der Waals surface area contributed by atoms with E-state index in [1.54, 1.807) is 0 Å². The summed E-state index contributed by atoms with van der Waals surface area (Å²) in [6.07, 6.45) is -0.167. The zero-order chi connectivity index (χ0) is 18.7. The second-order valence-corrected chi connectivity index (χ2v) is 6.98. The number of nitrogens with one attached hydrogen (secondary N) is 1. The van der Waals surface area contributed by atoms with Crippen molar-refractivity contribution < 1.29 is 9.53 Å². The number of anilines is 1. The Morgan fingerprint density at radius 3 is 2.38 bits per heavy atom. The van der Waals surface area contributed by atoms with E-state index in [0.29, 0.717) is 32.9 Å². The largest absolute Gasteiger partial charge is 0.481 e. The molecule has 1 N–H and O–H groups in total. The van der Waals surface area contributed by atoms with Crippen molar-refractivity contribution in [1.29, 1.82) is 0 Å². The van der Waals surface area contributed by atoms with Crippen LogP contribution in [0.5, 0.6) is 5.75 Å². The molecule has 0 radical (unpaired) electrons. The summed E-state index contributed by atoms with van der Waals surface area (Å²) in [6.45, 7) is 1.88. The van der Waals surface area contributed by atoms with Crippen LogP contribution in [0.1, 0.15) is 13.3 Å². The van der Waals surface area contributed by atoms with E-state index < -0.39 is 6.10 Å². The first-order valence-electron chi connectivity index (χ1n) is 8.09. The van der Waals surface area contributed by atoms with E-state index in [4.69, 9.17) is 39.5 Å². The third-order valence-electron chi connectivity index (χ3n) is 3.93. The number of hydrogen-bond donors (Lipinski definition) is 1. The molecule has 0 unspecified atom stereocenters. The molecule has 134 valence electrons. The molecule has 0 fully saturated rings. The molecule has 0 aliphatic rings. The lowest BCUT2D eigenvalue weighted by Crippen LogP contribution is -2.32. The standard InChI is InChI=1S/C20H16Cl3NO2/c1-2-19(20(25)24-18-11-16(22)15(21)10-17(18)23)26-14-8-7-12-5-3-4-6-13(12)9-14/h3-11,19H,2H2,1H3,(H,24,25)/t19-/m1/s1. The van der Waals surface area contributed by atoms with Crippen molar-refractivity contribution in [3.05, 3.63) is 69.7 Å². The quantitative estimate of drug-likeness (QED) is 0.483. The number of carbonyl (C=O) groups is 1. The summed E-state index contributed by atoms with van der Waals surface area (Å²) >= 11 is 18.0. The highest BCUT2D eigenvalue weighted by Crippen LogP contribution is 2.32. The highest BCUT2D eigenvalue weighted by atomic mass is 35.5. The van der Waals surface area contributed by atoms with Gasteiger partial charge in [0.05, 0.1) is 20.8 Å². The molecule has 0 heterocycles. The SMILES string of the molecule is CC[C@@H](Oc1ccc2ccccc2c1)C(=O)Nc1cc(Cl)c(Cl)cc1Cl. The third-order valence-corrected chi connectivity index (χ3v) is 4.97. The molecule has 1 amide bonds. The van der Waals surface area contributed by atoms with Crippen molar-refractivity contribution >= 4 is 57.2 Å². The summed E-state index contributed by atoms with van der Waals surface area (Å²) in [6, 6.07) is 16.7. The molecule has 3 aromatic rings. The minimum atomic E-state index is -0.665. The third kappa shape index (κ3) is 4.24. The second-order valence-electron chi connectivity index (χ2n) is 5.76. The van der Waals surface area contributed by atoms with E-state index in [1.165, 1.54) is 12.1 Å². The summed E-state index contributed by atoms with van der Waals surface area (Å²) in [4.78, 5) is 12.6. The summed E-state index contributed by atoms with van der Waals surface area (Å²) in [5, 5.41) is 5.86. The maximum Gasteiger partial charge on any atom is 0.265 e. The number of carbonyl (C=O) groups excluding carboxylic acids is 1. The second kappa shape index (κ2) is 8.17. The van der Waals surface area contributed by atoms with Gasteiger partial charge in [-0.2, -0.15) is 0 Å². The van der Waals surface area contributed by atoms with Gasteiger partial charge in [-0.1, -0.05) is 72.1 Å². The predicted octanol–water partition coefficient (Wildman–Crippen LogP) is 6.60. The molecular weight excluding hydrogens is 393 g/mol. The number of benzene rings is 3. The van der Waals surface area contributed by atoms with Gasteiger partial charge in [-0.15, -0.1) is 0 Å². The molecule has 0 saturated carbocycles. The lowest BCUT2D eigenvalue weighted by molar-refractivity contribution is -0.122. The first-order chi connectivity index (χ1) is 12.5. The summed E-state index contributed by atoms with van der Waals surface area (Å²) in [5.74, 6) is 0.326. The van der Waals surface area contributed by atoms with Gasteiger partial charge in [-0.25, -0.2) is 0 Å². The van der Waals surface area contributed by atoms with Gasteiger partial charge in [0.2, 0.25) is 0 Å². The highest BCUT2D eigenvalue weighted by molar-refractivity contribution is 6.44. The van der Waals surface area contributed by atoms with Crippen molar-refractivity contribution in [2.45, 2.75) is 19.4 Å². The number of amides is 1. The van der Waals surface area contributed by atoms with Gasteiger partial charge in [0.15, 0.2) is 6.10 Å². The molecule has 0 aliphatic carbocycles. The van der Waals surface area contributed by atoms with E-state index in [9.17, 15) is 4.79 Å². The zero-order valence-corrected chi connectivity index (χ0v) is 16.2. The number of hydrogen-bond acceptors (Lipinski definition) is 2. The molecule has 0 saturated heterocycles. The zero-order valence-electron chi connectivity index (χ0n) is 13.9. The van der Waals surface area contributed by atoms with Gasteiger partial charge in [0.25, 0.3) is 5.91 Å². The van der Waals surface area contributed by atoms with Crippen LogP contribution in [0.4, 0.5) is 5.69 Å². The highest BCUT2D eigenvalue weighted by Gasteiger charge is 2.20. The van der Waals surface area contributed by atoms with Crippen LogP contribution in [0, 0.1) is 0 Å². The first-order valence-corrected chi connectivity index (χ1v) is 9.22. The molecule has 0 aliphatic heterocycles. The summed E-state index contributed by atoms with van der Waals surface area (Å²) in [5.41, 5.74) is 0.395. The number of halogens is 3. The first kappa shape index (κ1) is 18.8. The Kier molecular flexibility index (Phi) is 5.92. The van der Waals surface area contributed by atoms with Crippen molar-refractivity contribution in [1.82, 2.24) is 0 Å². The van der Waals surface area contributed by atoms with Gasteiger partial charge in [-0.3, -0.25) is 4.79 Å². The lowest BCUT2D eigenvalue weighted by atomic mass is 10.1. The van der Waals surface area contributed by atoms with Gasteiger partial charge >= 0.3 is 0 Å². The van der Waals surface area contributed by atoms with Gasteiger partial charge < -0.3 is 10.1 Å². The molecule has 3 rings (SSSR count). The van der Waals surface area contributed by atoms with Gasteiger partial charge in [0.1, 0.15) is 5.75 Å². The average molecular weight is 409 g/mol. The van der Waals surface area contributed by atoms with Crippen LogP contribution in [-0.4, -0.2) is 12.0 Å². The fraction of sp³-hybridized carbons (Fsp3) is 0.150. The van der Waals surface area contributed by atoms with Crippen molar-refractivity contribution in [2.75, 3.05) is 5.32 Å². The molecule has 3 aromatic carbocycles. The maximum absolute atomic E-state index is 12.6. The van der Waals surface area contributed by atoms with E-state index in [0.717, 1.165) is 10.8 Å². The minimum Gasteiger partial charge on any atom is -0.481 e. The molecule has 0 aromatic heterocycles. The lowest BCUT2D eigenvalue weighted by Gasteiger charge is -2.18. The fourth-order valence-electron chi connectivity index (χ4n) is 2.56. The van der Waals surface area contributed by atoms with Crippen LogP contribution >= 0.6 is 34.8 Å². The summed E-state index contributed by atoms with van der Waals surface area (Å²) < 4.78 is 5.89. The average Bonchev–Trinajstić information content (AvgIpc) is 2.64. The minimum absolute atomic E-state index is 0.305. The van der Waals surface area contributed by atoms with Gasteiger partial charge in [0, 0.05) is 0 Å². The molecule has 3 nitrogen and oxygen atoms in total. The molecule has 0 spiro atoms. The number of fused-ring (bicyclic) bond motifs is 1. The van der Waals surface area contributed by atoms with Crippen LogP contribution in [-0.2, 0) is 4.79 Å². The normalized spacial score (nSPS) is 12.0. The Bertz CT molecular complexity index is 959. The van der Waals surface area contributed by atoms with E-state index in [2.05, 4.69) is 5.32 Å². The van der Waals surface area contributed by atoms with Gasteiger partial charge in [-0.05, 0) is 41.5 Å². The van der Waals surface area contributed by atoms with Crippen LogP contribution in [0.2, 0.25) is 15.1 Å². The van der Waals surface area contributed by atoms with Crippen molar-refractivity contribution in [3.63, 3.8) is 0 Å². The van der Waals surface area contributed by atoms with Crippen LogP contribution in [0.25, 0.3) is 10.8 Å². The number of rotatable bonds is 5. The van der Waals surface area contributed by atoms with Crippen LogP contribution in [0.3, 0.4) is 0 Å². The van der Waals surface area contributed by atoms with Crippen LogP contribution < -0.4 is 10.1 Å². The van der Waals surface area contributed by atoms with Crippen molar-refractivity contribution in [3.8, 4) is 5.75 Å². The molecule has 1 atom stereocenters. The van der Waals surface area contributed by atoms with Crippen molar-refractivity contribution in [2.24, 2.45) is 0 Å². The maximum atomic E-state index is 12.6. The van der Waals surface area contributed by atoms with E-state index in [-0.39, 0.29) is 5.91 Å². The number of ether oxygens (including phenoxy) is 1. The topological polar surface area (TPSA) is 38.3 Å². The predicted molar refractivity (Wildman–Crippen MR) is 109 cm³/mol. The Morgan fingerprint density at radius 1 is 0.962 bits per heavy atom. The molecule has 6 heteroatoms. The Balaban J connectivity index is 1.77. The van der Waals surface area contributed by atoms with Crippen LogP contribution in [0.15, 0.2) is 54.6 Å². The Morgan fingerprint density at radius 2 is 1.65 bits per heavy atom.